The summed E-state index contributed by atoms with van der Waals surface area (Å²) in [5.74, 6) is 0.385. The van der Waals surface area contributed by atoms with E-state index in [1.165, 1.54) is 6.20 Å². The summed E-state index contributed by atoms with van der Waals surface area (Å²) >= 11 is 6.31. The van der Waals surface area contributed by atoms with E-state index in [-0.39, 0.29) is 22.7 Å². The number of carbonyl (C=O) groups excluding carboxylic acids is 1. The summed E-state index contributed by atoms with van der Waals surface area (Å²) in [6, 6.07) is 12.3. The minimum Gasteiger partial charge on any atom is -0.372 e. The van der Waals surface area contributed by atoms with Gasteiger partial charge in [0.15, 0.2) is 5.82 Å². The number of amides is 1. The fourth-order valence-electron chi connectivity index (χ4n) is 3.54. The Morgan fingerprint density at radius 2 is 1.62 bits per heavy atom. The summed E-state index contributed by atoms with van der Waals surface area (Å²) in [6.45, 7) is 1.32. The van der Waals surface area contributed by atoms with Gasteiger partial charge in [-0.1, -0.05) is 29.8 Å². The van der Waals surface area contributed by atoms with Crippen LogP contribution in [-0.4, -0.2) is 62.6 Å². The summed E-state index contributed by atoms with van der Waals surface area (Å²) in [5, 5.41) is 6.42. The Kier molecular flexibility index (Phi) is 6.49. The first-order valence-electron chi connectivity index (χ1n) is 10.4. The maximum absolute atomic E-state index is 13.0. The van der Waals surface area contributed by atoms with Crippen LogP contribution in [0.5, 0.6) is 0 Å². The van der Waals surface area contributed by atoms with Crippen LogP contribution in [0.1, 0.15) is 10.4 Å². The average molecular weight is 502 g/mol. The Labute approximate surface area is 203 Å². The lowest BCUT2D eigenvalue weighted by atomic mass is 10.1. The second-order valence-electron chi connectivity index (χ2n) is 7.91. The molecule has 0 saturated heterocycles. The zero-order chi connectivity index (χ0) is 24.5. The molecule has 3 N–H and O–H groups in total. The Hall–Kier alpha value is -3.57. The fraction of sp³-hybridized carbons (Fsp3) is 0.227. The quantitative estimate of drug-likeness (QED) is 0.469. The van der Waals surface area contributed by atoms with Gasteiger partial charge in [0, 0.05) is 27.2 Å². The second kappa shape index (κ2) is 9.35. The Balaban J connectivity index is 1.67. The first-order chi connectivity index (χ1) is 16.1. The number of para-hydroxylation sites is 2. The highest BCUT2D eigenvalue weighted by atomic mass is 35.5. The standard InChI is InChI=1S/C22H24ClN7O3S/c1-29-11-12-30(2)21(31)19-17(9-6-10-18(19)29)26-22-24-13-14(23)20(27-22)25-15-7-4-5-8-16(15)28-34(3,32)33/h4-10,13,28H,11-12H2,1-3H3,(H2,24,25,26,27). The van der Waals surface area contributed by atoms with Gasteiger partial charge in [-0.15, -0.1) is 0 Å². The van der Waals surface area contributed by atoms with Gasteiger partial charge in [-0.25, -0.2) is 13.4 Å². The zero-order valence-electron chi connectivity index (χ0n) is 18.8. The van der Waals surface area contributed by atoms with Gasteiger partial charge in [-0.2, -0.15) is 4.98 Å². The number of anilines is 6. The molecule has 0 radical (unpaired) electrons. The monoisotopic (exact) mass is 501 g/mol. The molecule has 1 aliphatic heterocycles. The minimum atomic E-state index is -3.48. The van der Waals surface area contributed by atoms with Crippen molar-refractivity contribution in [1.29, 1.82) is 0 Å². The van der Waals surface area contributed by atoms with Crippen LogP contribution in [0.3, 0.4) is 0 Å². The van der Waals surface area contributed by atoms with E-state index in [9.17, 15) is 13.2 Å². The summed E-state index contributed by atoms with van der Waals surface area (Å²) in [4.78, 5) is 25.4. The number of carbonyl (C=O) groups is 1. The number of hydrogen-bond acceptors (Lipinski definition) is 8. The van der Waals surface area contributed by atoms with Crippen molar-refractivity contribution < 1.29 is 13.2 Å². The average Bonchev–Trinajstić information content (AvgIpc) is 2.89. The number of nitrogens with zero attached hydrogens (tertiary/aromatic N) is 4. The lowest BCUT2D eigenvalue weighted by Gasteiger charge is -2.20. The third kappa shape index (κ3) is 5.15. The smallest absolute Gasteiger partial charge is 0.257 e. The molecule has 10 nitrogen and oxygen atoms in total. The van der Waals surface area contributed by atoms with Gasteiger partial charge in [-0.05, 0) is 24.3 Å². The minimum absolute atomic E-state index is 0.101. The van der Waals surface area contributed by atoms with Gasteiger partial charge in [-0.3, -0.25) is 9.52 Å². The number of halogens is 1. The SMILES string of the molecule is CN1CCN(C)c2cccc(Nc3ncc(Cl)c(Nc4ccccc4NS(C)(=O)=O)n3)c2C1=O. The molecule has 0 spiro atoms. The molecule has 178 valence electrons. The summed E-state index contributed by atoms with van der Waals surface area (Å²) in [7, 11) is 0.226. The van der Waals surface area contributed by atoms with Gasteiger partial charge in [0.2, 0.25) is 16.0 Å². The zero-order valence-corrected chi connectivity index (χ0v) is 20.4. The molecule has 0 bridgehead atoms. The molecule has 2 aromatic carbocycles. The van der Waals surface area contributed by atoms with E-state index < -0.39 is 10.0 Å². The number of hydrogen-bond donors (Lipinski definition) is 3. The molecular weight excluding hydrogens is 478 g/mol. The van der Waals surface area contributed by atoms with Crippen molar-refractivity contribution in [3.8, 4) is 0 Å². The van der Waals surface area contributed by atoms with E-state index in [1.54, 1.807) is 42.3 Å². The third-order valence-corrected chi connectivity index (χ3v) is 6.12. The van der Waals surface area contributed by atoms with Crippen LogP contribution in [-0.2, 0) is 10.0 Å². The number of nitrogens with one attached hydrogen (secondary N) is 3. The second-order valence-corrected chi connectivity index (χ2v) is 10.1. The van der Waals surface area contributed by atoms with Crippen LogP contribution in [0, 0.1) is 0 Å². The predicted octanol–water partition coefficient (Wildman–Crippen LogP) is 3.51. The number of rotatable bonds is 6. The van der Waals surface area contributed by atoms with E-state index in [0.717, 1.165) is 11.9 Å². The van der Waals surface area contributed by atoms with Crippen molar-refractivity contribution in [2.24, 2.45) is 0 Å². The molecule has 12 heteroatoms. The third-order valence-electron chi connectivity index (χ3n) is 5.25. The molecule has 1 aromatic heterocycles. The molecule has 0 aliphatic carbocycles. The lowest BCUT2D eigenvalue weighted by Crippen LogP contribution is -2.30. The topological polar surface area (TPSA) is 120 Å². The molecular formula is C22H24ClN7O3S. The summed E-state index contributed by atoms with van der Waals surface area (Å²) < 4.78 is 25.9. The van der Waals surface area contributed by atoms with Crippen molar-refractivity contribution in [3.63, 3.8) is 0 Å². The van der Waals surface area contributed by atoms with Crippen molar-refractivity contribution in [1.82, 2.24) is 14.9 Å². The number of benzene rings is 2. The van der Waals surface area contributed by atoms with Crippen LogP contribution >= 0.6 is 11.6 Å². The number of likely N-dealkylation sites (N-methyl/N-ethyl adjacent to an activating group) is 2. The molecule has 0 fully saturated rings. The summed E-state index contributed by atoms with van der Waals surface area (Å²) in [5.41, 5.74) is 2.72. The highest BCUT2D eigenvalue weighted by Gasteiger charge is 2.26. The Morgan fingerprint density at radius 1 is 0.941 bits per heavy atom. The van der Waals surface area contributed by atoms with E-state index in [4.69, 9.17) is 11.6 Å². The summed E-state index contributed by atoms with van der Waals surface area (Å²) in [6.07, 6.45) is 2.50. The molecule has 0 unspecified atom stereocenters. The molecule has 0 atom stereocenters. The fourth-order valence-corrected chi connectivity index (χ4v) is 4.26. The van der Waals surface area contributed by atoms with Crippen LogP contribution in [0.15, 0.2) is 48.7 Å². The number of aromatic nitrogens is 2. The van der Waals surface area contributed by atoms with Crippen LogP contribution in [0.25, 0.3) is 0 Å². The van der Waals surface area contributed by atoms with Gasteiger partial charge >= 0.3 is 0 Å². The molecule has 4 rings (SSSR count). The molecule has 1 aliphatic rings. The van der Waals surface area contributed by atoms with E-state index in [0.29, 0.717) is 35.7 Å². The predicted molar refractivity (Wildman–Crippen MR) is 135 cm³/mol. The normalized spacial score (nSPS) is 13.8. The first-order valence-corrected chi connectivity index (χ1v) is 12.6. The van der Waals surface area contributed by atoms with Crippen LogP contribution < -0.4 is 20.3 Å². The Morgan fingerprint density at radius 3 is 2.35 bits per heavy atom. The molecule has 2 heterocycles. The largest absolute Gasteiger partial charge is 0.372 e. The van der Waals surface area contributed by atoms with Crippen molar-refractivity contribution >= 4 is 62.0 Å². The van der Waals surface area contributed by atoms with E-state index in [2.05, 4.69) is 25.3 Å². The molecule has 3 aromatic rings. The van der Waals surface area contributed by atoms with Crippen LogP contribution in [0.2, 0.25) is 5.02 Å². The van der Waals surface area contributed by atoms with Gasteiger partial charge in [0.1, 0.15) is 5.02 Å². The lowest BCUT2D eigenvalue weighted by molar-refractivity contribution is 0.0806. The van der Waals surface area contributed by atoms with Crippen molar-refractivity contribution in [3.05, 3.63) is 59.2 Å². The van der Waals surface area contributed by atoms with Crippen molar-refractivity contribution in [2.45, 2.75) is 0 Å². The Bertz CT molecular complexity index is 1350. The maximum Gasteiger partial charge on any atom is 0.257 e. The van der Waals surface area contributed by atoms with Crippen LogP contribution in [0.4, 0.5) is 34.5 Å². The van der Waals surface area contributed by atoms with Gasteiger partial charge < -0.3 is 20.4 Å². The van der Waals surface area contributed by atoms with Crippen molar-refractivity contribution in [2.75, 3.05) is 53.7 Å². The maximum atomic E-state index is 13.0. The highest BCUT2D eigenvalue weighted by Crippen LogP contribution is 2.33. The molecule has 34 heavy (non-hydrogen) atoms. The van der Waals surface area contributed by atoms with E-state index >= 15 is 0 Å². The van der Waals surface area contributed by atoms with Gasteiger partial charge in [0.05, 0.1) is 40.8 Å². The molecule has 1 amide bonds. The molecule has 0 saturated carbocycles. The highest BCUT2D eigenvalue weighted by molar-refractivity contribution is 7.92. The van der Waals surface area contributed by atoms with Gasteiger partial charge in [0.25, 0.3) is 5.91 Å². The number of sulfonamides is 1. The first kappa shape index (κ1) is 23.6. The number of fused-ring (bicyclic) bond motifs is 1. The van der Waals surface area contributed by atoms with E-state index in [1.807, 2.05) is 24.1 Å².